The molecule has 2 rings (SSSR count). The van der Waals surface area contributed by atoms with Crippen molar-refractivity contribution in [3.8, 4) is 0 Å². The third-order valence-corrected chi connectivity index (χ3v) is 4.61. The molecule has 2 aromatic rings. The van der Waals surface area contributed by atoms with Gasteiger partial charge in [-0.15, -0.1) is 11.3 Å². The summed E-state index contributed by atoms with van der Waals surface area (Å²) < 4.78 is 3.46. The van der Waals surface area contributed by atoms with Crippen molar-refractivity contribution in [2.24, 2.45) is 0 Å². The van der Waals surface area contributed by atoms with Gasteiger partial charge in [-0.3, -0.25) is 0 Å². The molecule has 1 atom stereocenters. The topological polar surface area (TPSA) is 17.0 Å². The van der Waals surface area contributed by atoms with Crippen LogP contribution < -0.4 is 5.32 Å². The van der Waals surface area contributed by atoms with Crippen LogP contribution in [-0.4, -0.2) is 11.1 Å². The molecule has 0 amide bonds. The van der Waals surface area contributed by atoms with Gasteiger partial charge in [-0.1, -0.05) is 13.8 Å². The lowest BCUT2D eigenvalue weighted by atomic mass is 10.1. The number of rotatable bonds is 6. The number of hydrogen-bond donors (Lipinski definition) is 1. The van der Waals surface area contributed by atoms with Crippen LogP contribution in [0.25, 0.3) is 0 Å². The van der Waals surface area contributed by atoms with E-state index in [0.717, 1.165) is 19.5 Å². The number of nitrogens with one attached hydrogen (secondary N) is 1. The van der Waals surface area contributed by atoms with Crippen LogP contribution >= 0.6 is 27.3 Å². The predicted molar refractivity (Wildman–Crippen MR) is 82.3 cm³/mol. The van der Waals surface area contributed by atoms with Crippen LogP contribution in [0.2, 0.25) is 0 Å². The fraction of sp³-hybridized carbons (Fsp3) is 0.429. The Hall–Kier alpha value is -0.580. The summed E-state index contributed by atoms with van der Waals surface area (Å²) >= 11 is 5.30. The van der Waals surface area contributed by atoms with E-state index in [9.17, 15) is 0 Å². The highest BCUT2D eigenvalue weighted by Gasteiger charge is 2.09. The molecular weight excluding hydrogens is 308 g/mol. The molecule has 0 spiro atoms. The van der Waals surface area contributed by atoms with Gasteiger partial charge >= 0.3 is 0 Å². The van der Waals surface area contributed by atoms with Crippen molar-refractivity contribution < 1.29 is 0 Å². The van der Waals surface area contributed by atoms with Gasteiger partial charge in [0.15, 0.2) is 0 Å². The Balaban J connectivity index is 2.05. The molecular formula is C14H19BrN2S. The summed E-state index contributed by atoms with van der Waals surface area (Å²) in [7, 11) is 0. The summed E-state index contributed by atoms with van der Waals surface area (Å²) in [6, 6.07) is 6.99. The Morgan fingerprint density at radius 3 is 2.78 bits per heavy atom. The summed E-state index contributed by atoms with van der Waals surface area (Å²) in [6.45, 7) is 6.35. The zero-order valence-electron chi connectivity index (χ0n) is 10.8. The van der Waals surface area contributed by atoms with Gasteiger partial charge in [0.1, 0.15) is 0 Å². The van der Waals surface area contributed by atoms with Crippen LogP contribution in [0.15, 0.2) is 34.4 Å². The molecule has 1 unspecified atom stereocenters. The number of thiophene rings is 1. The van der Waals surface area contributed by atoms with Crippen molar-refractivity contribution >= 4 is 27.3 Å². The fourth-order valence-electron chi connectivity index (χ4n) is 2.12. The van der Waals surface area contributed by atoms with Crippen LogP contribution in [0.1, 0.15) is 36.8 Å². The van der Waals surface area contributed by atoms with Crippen molar-refractivity contribution in [1.82, 2.24) is 9.88 Å². The van der Waals surface area contributed by atoms with Crippen molar-refractivity contribution in [3.63, 3.8) is 0 Å². The van der Waals surface area contributed by atoms with Gasteiger partial charge in [-0.05, 0) is 52.7 Å². The number of halogens is 1. The third kappa shape index (κ3) is 3.46. The van der Waals surface area contributed by atoms with Gasteiger partial charge in [-0.25, -0.2) is 0 Å². The normalized spacial score (nSPS) is 12.8. The van der Waals surface area contributed by atoms with Crippen molar-refractivity contribution in [2.75, 3.05) is 6.54 Å². The summed E-state index contributed by atoms with van der Waals surface area (Å²) in [4.78, 5) is 1.38. The summed E-state index contributed by atoms with van der Waals surface area (Å²) in [5.74, 6) is 0. The second-order valence-corrected chi connectivity index (χ2v) is 6.89. The maximum atomic E-state index is 3.51. The van der Waals surface area contributed by atoms with E-state index in [1.165, 1.54) is 14.2 Å². The second kappa shape index (κ2) is 6.55. The van der Waals surface area contributed by atoms with Crippen molar-refractivity contribution in [1.29, 1.82) is 0 Å². The van der Waals surface area contributed by atoms with E-state index in [-0.39, 0.29) is 0 Å². The molecule has 0 aromatic carbocycles. The SMILES string of the molecule is CCNC(CC)c1ccn(Cc2ccc(Br)s2)c1. The first-order valence-corrected chi connectivity index (χ1v) is 7.97. The predicted octanol–water partition coefficient (Wildman–Crippen LogP) is 4.42. The van der Waals surface area contributed by atoms with Crippen LogP contribution in [0, 0.1) is 0 Å². The Morgan fingerprint density at radius 1 is 1.33 bits per heavy atom. The van der Waals surface area contributed by atoms with E-state index in [1.807, 2.05) is 0 Å². The first kappa shape index (κ1) is 13.8. The molecule has 0 saturated heterocycles. The molecule has 0 aliphatic carbocycles. The van der Waals surface area contributed by atoms with E-state index in [0.29, 0.717) is 6.04 Å². The zero-order valence-corrected chi connectivity index (χ0v) is 13.2. The van der Waals surface area contributed by atoms with Crippen LogP contribution in [-0.2, 0) is 6.54 Å². The molecule has 0 bridgehead atoms. The number of hydrogen-bond acceptors (Lipinski definition) is 2. The Kier molecular flexibility index (Phi) is 5.03. The third-order valence-electron chi connectivity index (χ3n) is 3.00. The Labute approximate surface area is 121 Å². The number of nitrogens with zero attached hydrogens (tertiary/aromatic N) is 1. The quantitative estimate of drug-likeness (QED) is 0.831. The smallest absolute Gasteiger partial charge is 0.0702 e. The average Bonchev–Trinajstić information content (AvgIpc) is 2.96. The average molecular weight is 327 g/mol. The van der Waals surface area contributed by atoms with E-state index < -0.39 is 0 Å². The van der Waals surface area contributed by atoms with Crippen LogP contribution in [0.3, 0.4) is 0 Å². The second-order valence-electron chi connectivity index (χ2n) is 4.34. The van der Waals surface area contributed by atoms with Gasteiger partial charge in [0.2, 0.25) is 0 Å². The Bertz CT molecular complexity index is 489. The molecule has 0 saturated carbocycles. The minimum atomic E-state index is 0.478. The standard InChI is InChI=1S/C14H19BrN2S/c1-3-13(16-4-2)11-7-8-17(9-11)10-12-5-6-14(15)18-12/h5-9,13,16H,3-4,10H2,1-2H3. The Morgan fingerprint density at radius 2 is 2.17 bits per heavy atom. The van der Waals surface area contributed by atoms with E-state index in [2.05, 4.69) is 70.3 Å². The van der Waals surface area contributed by atoms with Gasteiger partial charge in [0.25, 0.3) is 0 Å². The zero-order chi connectivity index (χ0) is 13.0. The molecule has 4 heteroatoms. The lowest BCUT2D eigenvalue weighted by Crippen LogP contribution is -2.19. The lowest BCUT2D eigenvalue weighted by molar-refractivity contribution is 0.536. The minimum absolute atomic E-state index is 0.478. The molecule has 98 valence electrons. The first-order valence-electron chi connectivity index (χ1n) is 6.36. The highest BCUT2D eigenvalue weighted by molar-refractivity contribution is 9.11. The van der Waals surface area contributed by atoms with Crippen LogP contribution in [0.5, 0.6) is 0 Å². The molecule has 2 heterocycles. The molecule has 0 radical (unpaired) electrons. The van der Waals surface area contributed by atoms with Crippen molar-refractivity contribution in [2.45, 2.75) is 32.9 Å². The van der Waals surface area contributed by atoms with Crippen LogP contribution in [0.4, 0.5) is 0 Å². The highest BCUT2D eigenvalue weighted by Crippen LogP contribution is 2.24. The van der Waals surface area contributed by atoms with Crippen molar-refractivity contribution in [3.05, 3.63) is 44.8 Å². The molecule has 0 aliphatic rings. The summed E-state index contributed by atoms with van der Waals surface area (Å²) in [5, 5.41) is 3.51. The summed E-state index contributed by atoms with van der Waals surface area (Å²) in [5.41, 5.74) is 1.38. The maximum Gasteiger partial charge on any atom is 0.0702 e. The molecule has 18 heavy (non-hydrogen) atoms. The summed E-state index contributed by atoms with van der Waals surface area (Å²) in [6.07, 6.45) is 5.55. The first-order chi connectivity index (χ1) is 8.72. The molecule has 0 fully saturated rings. The van der Waals surface area contributed by atoms with E-state index in [1.54, 1.807) is 11.3 Å². The molecule has 2 aromatic heterocycles. The van der Waals surface area contributed by atoms with Gasteiger partial charge in [0.05, 0.1) is 10.3 Å². The van der Waals surface area contributed by atoms with E-state index in [4.69, 9.17) is 0 Å². The van der Waals surface area contributed by atoms with E-state index >= 15 is 0 Å². The lowest BCUT2D eigenvalue weighted by Gasteiger charge is -2.13. The van der Waals surface area contributed by atoms with Gasteiger partial charge in [0, 0.05) is 23.3 Å². The monoisotopic (exact) mass is 326 g/mol. The maximum absolute atomic E-state index is 3.51. The highest BCUT2D eigenvalue weighted by atomic mass is 79.9. The molecule has 1 N–H and O–H groups in total. The largest absolute Gasteiger partial charge is 0.349 e. The number of aromatic nitrogens is 1. The fourth-order valence-corrected chi connectivity index (χ4v) is 3.62. The van der Waals surface area contributed by atoms with Gasteiger partial charge < -0.3 is 9.88 Å². The molecule has 2 nitrogen and oxygen atoms in total. The van der Waals surface area contributed by atoms with Gasteiger partial charge in [-0.2, -0.15) is 0 Å². The minimum Gasteiger partial charge on any atom is -0.349 e. The molecule has 0 aliphatic heterocycles.